The highest BCUT2D eigenvalue weighted by Crippen LogP contribution is 2.25. The summed E-state index contributed by atoms with van der Waals surface area (Å²) in [7, 11) is 0. The molecule has 112 valence electrons. The lowest BCUT2D eigenvalue weighted by Crippen LogP contribution is -2.22. The maximum Gasteiger partial charge on any atom is 0.358 e. The maximum absolute atomic E-state index is 11.8. The second-order valence-corrected chi connectivity index (χ2v) is 5.27. The summed E-state index contributed by atoms with van der Waals surface area (Å²) >= 11 is 0. The molecule has 3 rings (SSSR count). The van der Waals surface area contributed by atoms with E-state index in [0.717, 1.165) is 30.0 Å². The fourth-order valence-corrected chi connectivity index (χ4v) is 2.78. The van der Waals surface area contributed by atoms with Crippen LogP contribution >= 0.6 is 0 Å². The smallest absolute Gasteiger partial charge is 0.358 e. The zero-order valence-corrected chi connectivity index (χ0v) is 12.2. The van der Waals surface area contributed by atoms with Gasteiger partial charge in [-0.25, -0.2) is 9.78 Å². The number of nitrogens with zero attached hydrogens (tertiary/aromatic N) is 3. The average molecular weight is 289 g/mol. The van der Waals surface area contributed by atoms with Crippen molar-refractivity contribution in [3.8, 4) is 0 Å². The highest BCUT2D eigenvalue weighted by Gasteiger charge is 2.23. The third kappa shape index (κ3) is 2.47. The molecule has 21 heavy (non-hydrogen) atoms. The van der Waals surface area contributed by atoms with E-state index < -0.39 is 5.97 Å². The maximum atomic E-state index is 11.8. The Morgan fingerprint density at radius 2 is 2.33 bits per heavy atom. The largest absolute Gasteiger partial charge is 0.461 e. The molecule has 3 heterocycles. The number of carbonyl (C=O) groups excluding carboxylic acids is 1. The first-order valence-electron chi connectivity index (χ1n) is 7.19. The first kappa shape index (κ1) is 13.9. The van der Waals surface area contributed by atoms with Crippen LogP contribution in [0.5, 0.6) is 0 Å². The molecule has 1 aliphatic rings. The van der Waals surface area contributed by atoms with Crippen molar-refractivity contribution >= 4 is 17.3 Å². The van der Waals surface area contributed by atoms with Crippen LogP contribution in [0.2, 0.25) is 0 Å². The summed E-state index contributed by atoms with van der Waals surface area (Å²) in [6.07, 6.45) is 2.23. The number of rotatable bonds is 3. The van der Waals surface area contributed by atoms with Gasteiger partial charge in [-0.1, -0.05) is 0 Å². The third-order valence-corrected chi connectivity index (χ3v) is 3.84. The normalized spacial score (nSPS) is 18.4. The van der Waals surface area contributed by atoms with Gasteiger partial charge < -0.3 is 19.1 Å². The van der Waals surface area contributed by atoms with Crippen LogP contribution < -0.4 is 4.90 Å². The number of hydrogen-bond acceptors (Lipinski definition) is 5. The van der Waals surface area contributed by atoms with Crippen molar-refractivity contribution in [3.05, 3.63) is 29.7 Å². The van der Waals surface area contributed by atoms with Crippen molar-refractivity contribution in [3.63, 3.8) is 0 Å². The number of esters is 1. The first-order chi connectivity index (χ1) is 10.1. The predicted octanol–water partition coefficient (Wildman–Crippen LogP) is 1.39. The molecule has 0 aromatic carbocycles. The van der Waals surface area contributed by atoms with Gasteiger partial charge in [0, 0.05) is 25.0 Å². The minimum atomic E-state index is -0.404. The van der Waals surface area contributed by atoms with Gasteiger partial charge in [0.1, 0.15) is 5.65 Å². The molecule has 1 fully saturated rings. The van der Waals surface area contributed by atoms with E-state index in [1.807, 2.05) is 23.5 Å². The van der Waals surface area contributed by atoms with Crippen LogP contribution in [-0.2, 0) is 4.74 Å². The van der Waals surface area contributed by atoms with Crippen LogP contribution in [0.3, 0.4) is 0 Å². The topological polar surface area (TPSA) is 67.1 Å². The fourth-order valence-electron chi connectivity index (χ4n) is 2.78. The molecule has 1 saturated heterocycles. The molecule has 1 aliphatic heterocycles. The molecule has 0 radical (unpaired) electrons. The molecule has 0 aliphatic carbocycles. The molecule has 0 amide bonds. The van der Waals surface area contributed by atoms with Crippen molar-refractivity contribution in [1.29, 1.82) is 0 Å². The number of carbonyl (C=O) groups is 1. The van der Waals surface area contributed by atoms with Gasteiger partial charge in [0.2, 0.25) is 0 Å². The number of hydrogen-bond donors (Lipinski definition) is 1. The Bertz CT molecular complexity index is 680. The SMILES string of the molecule is CCOC(=O)c1cn2c(C)c(N3CC[C@@H](O)C3)ccc2n1. The molecule has 6 nitrogen and oxygen atoms in total. The molecule has 0 unspecified atom stereocenters. The van der Waals surface area contributed by atoms with Gasteiger partial charge in [-0.15, -0.1) is 0 Å². The van der Waals surface area contributed by atoms with Crippen LogP contribution in [0.25, 0.3) is 5.65 Å². The lowest BCUT2D eigenvalue weighted by Gasteiger charge is -2.20. The van der Waals surface area contributed by atoms with Crippen LogP contribution in [0.1, 0.15) is 29.5 Å². The molecule has 0 spiro atoms. The second-order valence-electron chi connectivity index (χ2n) is 5.27. The van der Waals surface area contributed by atoms with E-state index in [1.165, 1.54) is 0 Å². The van der Waals surface area contributed by atoms with E-state index in [0.29, 0.717) is 18.8 Å². The number of ether oxygens (including phenoxy) is 1. The predicted molar refractivity (Wildman–Crippen MR) is 78.7 cm³/mol. The van der Waals surface area contributed by atoms with Gasteiger partial charge in [0.05, 0.1) is 18.4 Å². The lowest BCUT2D eigenvalue weighted by molar-refractivity contribution is 0.0520. The summed E-state index contributed by atoms with van der Waals surface area (Å²) in [4.78, 5) is 18.2. The molecule has 2 aromatic heterocycles. The van der Waals surface area contributed by atoms with E-state index in [2.05, 4.69) is 9.88 Å². The number of aliphatic hydroxyl groups is 1. The van der Waals surface area contributed by atoms with E-state index in [1.54, 1.807) is 13.1 Å². The average Bonchev–Trinajstić information content (AvgIpc) is 3.06. The summed E-state index contributed by atoms with van der Waals surface area (Å²) in [6, 6.07) is 3.88. The number of anilines is 1. The molecule has 1 N–H and O–H groups in total. The summed E-state index contributed by atoms with van der Waals surface area (Å²) in [6.45, 7) is 5.58. The third-order valence-electron chi connectivity index (χ3n) is 3.84. The van der Waals surface area contributed by atoms with Gasteiger partial charge in [0.15, 0.2) is 5.69 Å². The zero-order valence-electron chi connectivity index (χ0n) is 12.2. The quantitative estimate of drug-likeness (QED) is 0.865. The van der Waals surface area contributed by atoms with E-state index >= 15 is 0 Å². The number of β-amino-alcohol motifs (C(OH)–C–C–N with tert-alkyl or cyclic N) is 1. The number of aryl methyl sites for hydroxylation is 1. The number of aromatic nitrogens is 2. The minimum Gasteiger partial charge on any atom is -0.461 e. The Morgan fingerprint density at radius 3 is 3.00 bits per heavy atom. The Hall–Kier alpha value is -2.08. The lowest BCUT2D eigenvalue weighted by atomic mass is 10.3. The highest BCUT2D eigenvalue weighted by atomic mass is 16.5. The number of aliphatic hydroxyl groups excluding tert-OH is 1. The molecule has 2 aromatic rings. The molecular formula is C15H19N3O3. The van der Waals surface area contributed by atoms with E-state index in [9.17, 15) is 9.90 Å². The minimum absolute atomic E-state index is 0.266. The fraction of sp³-hybridized carbons (Fsp3) is 0.467. The van der Waals surface area contributed by atoms with Crippen molar-refractivity contribution in [2.75, 3.05) is 24.6 Å². The summed E-state index contributed by atoms with van der Waals surface area (Å²) in [5.74, 6) is -0.404. The molecule has 1 atom stereocenters. The van der Waals surface area contributed by atoms with Crippen molar-refractivity contribution in [1.82, 2.24) is 9.38 Å². The van der Waals surface area contributed by atoms with Crippen molar-refractivity contribution < 1.29 is 14.6 Å². The summed E-state index contributed by atoms with van der Waals surface area (Å²) in [5.41, 5.74) is 3.11. The highest BCUT2D eigenvalue weighted by molar-refractivity contribution is 5.88. The first-order valence-corrected chi connectivity index (χ1v) is 7.19. The number of imidazole rings is 1. The van der Waals surface area contributed by atoms with Gasteiger partial charge >= 0.3 is 5.97 Å². The summed E-state index contributed by atoms with van der Waals surface area (Å²) in [5, 5.41) is 9.68. The van der Waals surface area contributed by atoms with Crippen LogP contribution in [-0.4, -0.2) is 46.3 Å². The monoisotopic (exact) mass is 289 g/mol. The second kappa shape index (κ2) is 5.37. The van der Waals surface area contributed by atoms with Gasteiger partial charge in [-0.05, 0) is 32.4 Å². The summed E-state index contributed by atoms with van der Waals surface area (Å²) < 4.78 is 6.88. The van der Waals surface area contributed by atoms with Crippen molar-refractivity contribution in [2.24, 2.45) is 0 Å². The van der Waals surface area contributed by atoms with Crippen LogP contribution in [0, 0.1) is 6.92 Å². The van der Waals surface area contributed by atoms with E-state index in [-0.39, 0.29) is 6.10 Å². The van der Waals surface area contributed by atoms with Gasteiger partial charge in [-0.2, -0.15) is 0 Å². The van der Waals surface area contributed by atoms with Gasteiger partial charge in [0.25, 0.3) is 0 Å². The van der Waals surface area contributed by atoms with Gasteiger partial charge in [-0.3, -0.25) is 0 Å². The Labute approximate surface area is 123 Å². The Morgan fingerprint density at radius 1 is 1.52 bits per heavy atom. The number of fused-ring (bicyclic) bond motifs is 1. The van der Waals surface area contributed by atoms with Crippen LogP contribution in [0.4, 0.5) is 5.69 Å². The molecule has 0 bridgehead atoms. The molecule has 6 heteroatoms. The van der Waals surface area contributed by atoms with Crippen LogP contribution in [0.15, 0.2) is 18.3 Å². The Balaban J connectivity index is 1.98. The zero-order chi connectivity index (χ0) is 15.0. The standard InChI is InChI=1S/C15H19N3O3/c1-3-21-15(20)12-9-18-10(2)13(4-5-14(18)16-12)17-7-6-11(19)8-17/h4-5,9,11,19H,3,6-8H2,1-2H3/t11-/m1/s1. The number of pyridine rings is 1. The van der Waals surface area contributed by atoms with Crippen molar-refractivity contribution in [2.45, 2.75) is 26.4 Å². The molecule has 0 saturated carbocycles. The van der Waals surface area contributed by atoms with E-state index in [4.69, 9.17) is 4.74 Å². The Kier molecular flexibility index (Phi) is 3.55. The molecular weight excluding hydrogens is 270 g/mol.